The molecule has 0 spiro atoms. The first-order valence-electron chi connectivity index (χ1n) is 12.5. The average molecular weight is 541 g/mol. The van der Waals surface area contributed by atoms with Gasteiger partial charge in [-0.15, -0.1) is 10.2 Å². The van der Waals surface area contributed by atoms with E-state index in [9.17, 15) is 10.1 Å². The number of hydrogen-bond acceptors (Lipinski definition) is 7. The molecule has 0 amide bonds. The Morgan fingerprint density at radius 3 is 2.49 bits per heavy atom. The number of fused-ring (bicyclic) bond motifs is 1. The maximum absolute atomic E-state index is 11.7. The van der Waals surface area contributed by atoms with Crippen LogP contribution in [0.3, 0.4) is 0 Å². The molecule has 1 heterocycles. The van der Waals surface area contributed by atoms with E-state index in [4.69, 9.17) is 9.47 Å². The molecule has 1 aromatic heterocycles. The van der Waals surface area contributed by atoms with Gasteiger partial charge in [-0.1, -0.05) is 78.0 Å². The SMILES string of the molecule is COc1cc([C@@H](C[N+](=O)[O-])Sc2nnc(C)n2-c2ccc(C)cc2)ccc1OCc1cccc2ccccc12. The summed E-state index contributed by atoms with van der Waals surface area (Å²) in [6.45, 7) is 3.96. The second kappa shape index (κ2) is 11.6. The van der Waals surface area contributed by atoms with Gasteiger partial charge in [0.15, 0.2) is 16.7 Å². The second-order valence-electron chi connectivity index (χ2n) is 9.16. The maximum Gasteiger partial charge on any atom is 0.220 e. The van der Waals surface area contributed by atoms with Crippen LogP contribution in [0, 0.1) is 24.0 Å². The summed E-state index contributed by atoms with van der Waals surface area (Å²) in [4.78, 5) is 11.3. The Bertz CT molecular complexity index is 1610. The number of aromatic nitrogens is 3. The molecule has 0 saturated heterocycles. The molecule has 1 atom stereocenters. The van der Waals surface area contributed by atoms with Crippen molar-refractivity contribution in [2.75, 3.05) is 13.7 Å². The quantitative estimate of drug-likeness (QED) is 0.110. The lowest BCUT2D eigenvalue weighted by Gasteiger charge is -2.17. The van der Waals surface area contributed by atoms with E-state index in [1.165, 1.54) is 11.8 Å². The van der Waals surface area contributed by atoms with E-state index >= 15 is 0 Å². The van der Waals surface area contributed by atoms with Gasteiger partial charge >= 0.3 is 0 Å². The van der Waals surface area contributed by atoms with Crippen molar-refractivity contribution in [3.63, 3.8) is 0 Å². The highest BCUT2D eigenvalue weighted by Gasteiger charge is 2.25. The summed E-state index contributed by atoms with van der Waals surface area (Å²) in [5, 5.41) is 22.6. The van der Waals surface area contributed by atoms with E-state index in [0.29, 0.717) is 29.1 Å². The summed E-state index contributed by atoms with van der Waals surface area (Å²) < 4.78 is 13.7. The van der Waals surface area contributed by atoms with Gasteiger partial charge in [-0.25, -0.2) is 0 Å². The molecule has 0 aliphatic rings. The number of nitrogens with zero attached hydrogens (tertiary/aromatic N) is 4. The molecule has 0 radical (unpaired) electrons. The van der Waals surface area contributed by atoms with Gasteiger partial charge in [0, 0.05) is 10.6 Å². The number of ether oxygens (including phenoxy) is 2. The van der Waals surface area contributed by atoms with Crippen LogP contribution < -0.4 is 9.47 Å². The average Bonchev–Trinajstić information content (AvgIpc) is 3.31. The molecule has 0 N–H and O–H groups in total. The molecule has 198 valence electrons. The van der Waals surface area contributed by atoms with E-state index in [2.05, 4.69) is 28.4 Å². The lowest BCUT2D eigenvalue weighted by Crippen LogP contribution is -2.11. The Morgan fingerprint density at radius 2 is 1.72 bits per heavy atom. The Labute approximate surface area is 230 Å². The molecular weight excluding hydrogens is 512 g/mol. The molecule has 0 aliphatic carbocycles. The molecule has 0 aliphatic heterocycles. The van der Waals surface area contributed by atoms with Gasteiger partial charge < -0.3 is 9.47 Å². The summed E-state index contributed by atoms with van der Waals surface area (Å²) in [6.07, 6.45) is 0. The highest BCUT2D eigenvalue weighted by atomic mass is 32.2. The third kappa shape index (κ3) is 5.88. The smallest absolute Gasteiger partial charge is 0.220 e. The number of hydrogen-bond donors (Lipinski definition) is 0. The van der Waals surface area contributed by atoms with Gasteiger partial charge in [0.05, 0.1) is 7.11 Å². The predicted octanol–water partition coefficient (Wildman–Crippen LogP) is 6.74. The number of aryl methyl sites for hydroxylation is 2. The Morgan fingerprint density at radius 1 is 0.949 bits per heavy atom. The minimum Gasteiger partial charge on any atom is -0.493 e. The summed E-state index contributed by atoms with van der Waals surface area (Å²) in [5.41, 5.74) is 3.84. The van der Waals surface area contributed by atoms with Crippen molar-refractivity contribution < 1.29 is 14.4 Å². The normalized spacial score (nSPS) is 11.9. The van der Waals surface area contributed by atoms with Crippen molar-refractivity contribution >= 4 is 22.5 Å². The Kier molecular flexibility index (Phi) is 7.79. The highest BCUT2D eigenvalue weighted by Crippen LogP contribution is 2.39. The lowest BCUT2D eigenvalue weighted by molar-refractivity contribution is -0.479. The van der Waals surface area contributed by atoms with Crippen LogP contribution in [-0.2, 0) is 6.61 Å². The largest absolute Gasteiger partial charge is 0.493 e. The van der Waals surface area contributed by atoms with Gasteiger partial charge in [-0.2, -0.15) is 0 Å². The van der Waals surface area contributed by atoms with E-state index in [1.807, 2.05) is 79.1 Å². The fourth-order valence-electron chi connectivity index (χ4n) is 4.46. The Balaban J connectivity index is 1.41. The van der Waals surface area contributed by atoms with Gasteiger partial charge in [-0.05, 0) is 60.0 Å². The van der Waals surface area contributed by atoms with Crippen LogP contribution in [0.2, 0.25) is 0 Å². The van der Waals surface area contributed by atoms with Crippen LogP contribution in [0.25, 0.3) is 16.5 Å². The molecule has 0 bridgehead atoms. The maximum atomic E-state index is 11.7. The van der Waals surface area contributed by atoms with E-state index in [0.717, 1.165) is 33.2 Å². The number of benzene rings is 4. The molecule has 5 aromatic rings. The molecule has 39 heavy (non-hydrogen) atoms. The molecule has 8 nitrogen and oxygen atoms in total. The second-order valence-corrected chi connectivity index (χ2v) is 10.3. The van der Waals surface area contributed by atoms with E-state index < -0.39 is 5.25 Å². The number of rotatable bonds is 10. The zero-order valence-electron chi connectivity index (χ0n) is 21.9. The van der Waals surface area contributed by atoms with Crippen molar-refractivity contribution in [3.05, 3.63) is 118 Å². The molecule has 0 unspecified atom stereocenters. The fraction of sp³-hybridized carbons (Fsp3) is 0.200. The monoisotopic (exact) mass is 540 g/mol. The van der Waals surface area contributed by atoms with Crippen LogP contribution in [0.5, 0.6) is 11.5 Å². The Hall–Kier alpha value is -4.37. The predicted molar refractivity (Wildman–Crippen MR) is 153 cm³/mol. The van der Waals surface area contributed by atoms with Gasteiger partial charge in [0.2, 0.25) is 6.54 Å². The van der Waals surface area contributed by atoms with E-state index in [1.54, 1.807) is 13.2 Å². The standard InChI is InChI=1S/C30H28N4O4S/c1-20-11-14-25(15-12-20)34-21(2)31-32-30(34)39-29(18-33(35)36)23-13-16-27(28(17-23)37-3)38-19-24-9-6-8-22-7-4-5-10-26(22)24/h4-17,29H,18-19H2,1-3H3/t29-/m1/s1. The van der Waals surface area contributed by atoms with Crippen LogP contribution >= 0.6 is 11.8 Å². The molecule has 4 aromatic carbocycles. The third-order valence-electron chi connectivity index (χ3n) is 6.47. The summed E-state index contributed by atoms with van der Waals surface area (Å²) in [7, 11) is 1.57. The molecule has 5 rings (SSSR count). The van der Waals surface area contributed by atoms with Crippen molar-refractivity contribution in [2.45, 2.75) is 30.9 Å². The fourth-order valence-corrected chi connectivity index (χ4v) is 5.63. The summed E-state index contributed by atoms with van der Waals surface area (Å²) in [5.74, 6) is 1.78. The summed E-state index contributed by atoms with van der Waals surface area (Å²) in [6, 6.07) is 27.8. The lowest BCUT2D eigenvalue weighted by atomic mass is 10.1. The van der Waals surface area contributed by atoms with Gasteiger partial charge in [-0.3, -0.25) is 14.7 Å². The first-order valence-corrected chi connectivity index (χ1v) is 13.4. The van der Waals surface area contributed by atoms with Crippen LogP contribution in [0.15, 0.2) is 90.1 Å². The van der Waals surface area contributed by atoms with E-state index in [-0.39, 0.29) is 11.5 Å². The zero-order chi connectivity index (χ0) is 27.4. The number of nitro groups is 1. The van der Waals surface area contributed by atoms with Crippen molar-refractivity contribution in [1.29, 1.82) is 0 Å². The van der Waals surface area contributed by atoms with Crippen molar-refractivity contribution in [3.8, 4) is 17.2 Å². The third-order valence-corrected chi connectivity index (χ3v) is 7.65. The molecule has 0 fully saturated rings. The summed E-state index contributed by atoms with van der Waals surface area (Å²) >= 11 is 1.30. The zero-order valence-corrected chi connectivity index (χ0v) is 22.7. The molecule has 0 saturated carbocycles. The van der Waals surface area contributed by atoms with Crippen molar-refractivity contribution in [1.82, 2.24) is 14.8 Å². The van der Waals surface area contributed by atoms with Crippen LogP contribution in [0.1, 0.15) is 27.8 Å². The highest BCUT2D eigenvalue weighted by molar-refractivity contribution is 7.99. The van der Waals surface area contributed by atoms with Gasteiger partial charge in [0.25, 0.3) is 0 Å². The number of thioether (sulfide) groups is 1. The minimum absolute atomic E-state index is 0.288. The first kappa shape index (κ1) is 26.2. The first-order chi connectivity index (χ1) is 18.9. The molecular formula is C30H28N4O4S. The van der Waals surface area contributed by atoms with Crippen LogP contribution in [-0.4, -0.2) is 33.3 Å². The topological polar surface area (TPSA) is 92.3 Å². The molecule has 9 heteroatoms. The van der Waals surface area contributed by atoms with Crippen molar-refractivity contribution in [2.24, 2.45) is 0 Å². The number of methoxy groups -OCH3 is 1. The van der Waals surface area contributed by atoms with Gasteiger partial charge in [0.1, 0.15) is 17.7 Å². The minimum atomic E-state index is -0.520. The van der Waals surface area contributed by atoms with Crippen LogP contribution in [0.4, 0.5) is 0 Å².